The minimum Gasteiger partial charge on any atom is -0.508 e. The Morgan fingerprint density at radius 1 is 1.10 bits per heavy atom. The second-order valence-electron chi connectivity index (χ2n) is 5.55. The Kier molecular flexibility index (Phi) is 5.83. The molecule has 0 spiro atoms. The van der Waals surface area contributed by atoms with Gasteiger partial charge in [0.1, 0.15) is 5.75 Å². The third-order valence-corrected chi connectivity index (χ3v) is 4.18. The van der Waals surface area contributed by atoms with Crippen molar-refractivity contribution >= 4 is 15.9 Å². The number of hydrogen-bond acceptors (Lipinski definition) is 2. The van der Waals surface area contributed by atoms with Crippen molar-refractivity contribution in [3.63, 3.8) is 0 Å². The van der Waals surface area contributed by atoms with Gasteiger partial charge in [-0.05, 0) is 62.1 Å². The van der Waals surface area contributed by atoms with Crippen LogP contribution in [0.5, 0.6) is 5.75 Å². The van der Waals surface area contributed by atoms with Gasteiger partial charge in [-0.15, -0.1) is 0 Å². The van der Waals surface area contributed by atoms with Gasteiger partial charge in [0, 0.05) is 16.6 Å². The van der Waals surface area contributed by atoms with Gasteiger partial charge in [0.05, 0.1) is 0 Å². The smallest absolute Gasteiger partial charge is 0.115 e. The summed E-state index contributed by atoms with van der Waals surface area (Å²) in [5.74, 6) is 0.327. The Labute approximate surface area is 135 Å². The lowest BCUT2D eigenvalue weighted by molar-refractivity contribution is 0.455. The zero-order valence-corrected chi connectivity index (χ0v) is 14.1. The van der Waals surface area contributed by atoms with Gasteiger partial charge < -0.3 is 10.4 Å². The van der Waals surface area contributed by atoms with Crippen LogP contribution in [0.1, 0.15) is 37.4 Å². The van der Waals surface area contributed by atoms with Crippen molar-refractivity contribution in [2.24, 2.45) is 0 Å². The average Bonchev–Trinajstić information content (AvgIpc) is 2.46. The first-order valence-corrected chi connectivity index (χ1v) is 8.13. The lowest BCUT2D eigenvalue weighted by atomic mass is 10.0. The van der Waals surface area contributed by atoms with Crippen molar-refractivity contribution < 1.29 is 5.11 Å². The molecule has 0 aliphatic rings. The number of rotatable bonds is 6. The molecule has 0 amide bonds. The van der Waals surface area contributed by atoms with Gasteiger partial charge in [0.25, 0.3) is 0 Å². The zero-order valence-electron chi connectivity index (χ0n) is 12.5. The van der Waals surface area contributed by atoms with E-state index >= 15 is 0 Å². The third-order valence-electron chi connectivity index (χ3n) is 3.69. The first-order chi connectivity index (χ1) is 10.0. The molecular formula is C18H22BrNO. The summed E-state index contributed by atoms with van der Waals surface area (Å²) in [5, 5.41) is 12.9. The number of benzene rings is 2. The predicted octanol–water partition coefficient (Wildman–Crippen LogP) is 4.83. The highest BCUT2D eigenvalue weighted by molar-refractivity contribution is 9.10. The summed E-state index contributed by atoms with van der Waals surface area (Å²) >= 11 is 3.52. The fraction of sp³-hybridized carbons (Fsp3) is 0.333. The first kappa shape index (κ1) is 16.1. The van der Waals surface area contributed by atoms with Crippen molar-refractivity contribution in [2.45, 2.75) is 38.8 Å². The summed E-state index contributed by atoms with van der Waals surface area (Å²) in [6, 6.07) is 16.7. The highest BCUT2D eigenvalue weighted by Crippen LogP contribution is 2.19. The SMILES string of the molecule is CC(CCc1ccc(O)cc1)N[C@H](C)c1cccc(Br)c1. The van der Waals surface area contributed by atoms with E-state index in [0.29, 0.717) is 17.8 Å². The molecule has 0 aliphatic heterocycles. The van der Waals surface area contributed by atoms with Crippen molar-refractivity contribution in [3.8, 4) is 5.75 Å². The number of hydrogen-bond donors (Lipinski definition) is 2. The van der Waals surface area contributed by atoms with Crippen LogP contribution in [0.25, 0.3) is 0 Å². The van der Waals surface area contributed by atoms with E-state index in [1.165, 1.54) is 11.1 Å². The standard InChI is InChI=1S/C18H22BrNO/c1-13(6-7-15-8-10-18(21)11-9-15)20-14(2)16-4-3-5-17(19)12-16/h3-5,8-14,20-21H,6-7H2,1-2H3/t13?,14-/m1/s1. The summed E-state index contributed by atoms with van der Waals surface area (Å²) in [7, 11) is 0. The van der Waals surface area contributed by atoms with Gasteiger partial charge in [-0.2, -0.15) is 0 Å². The van der Waals surface area contributed by atoms with Crippen LogP contribution in [0.2, 0.25) is 0 Å². The van der Waals surface area contributed by atoms with Crippen molar-refractivity contribution in [2.75, 3.05) is 0 Å². The van der Waals surface area contributed by atoms with E-state index in [9.17, 15) is 5.11 Å². The van der Waals surface area contributed by atoms with Crippen LogP contribution in [-0.4, -0.2) is 11.1 Å². The molecule has 0 saturated heterocycles. The largest absolute Gasteiger partial charge is 0.508 e. The fourth-order valence-corrected chi connectivity index (χ4v) is 2.84. The van der Waals surface area contributed by atoms with Gasteiger partial charge in [0.15, 0.2) is 0 Å². The highest BCUT2D eigenvalue weighted by atomic mass is 79.9. The molecule has 0 radical (unpaired) electrons. The molecule has 2 atom stereocenters. The van der Waals surface area contributed by atoms with Crippen molar-refractivity contribution in [1.82, 2.24) is 5.32 Å². The molecule has 2 aromatic rings. The van der Waals surface area contributed by atoms with E-state index in [4.69, 9.17) is 0 Å². The van der Waals surface area contributed by atoms with Crippen LogP contribution < -0.4 is 5.32 Å². The van der Waals surface area contributed by atoms with E-state index in [1.54, 1.807) is 12.1 Å². The molecule has 2 rings (SSSR count). The second kappa shape index (κ2) is 7.62. The van der Waals surface area contributed by atoms with E-state index in [2.05, 4.69) is 53.3 Å². The minimum atomic E-state index is 0.327. The average molecular weight is 348 g/mol. The molecule has 1 unspecified atom stereocenters. The molecular weight excluding hydrogens is 326 g/mol. The monoisotopic (exact) mass is 347 g/mol. The van der Waals surface area contributed by atoms with Crippen molar-refractivity contribution in [3.05, 3.63) is 64.1 Å². The van der Waals surface area contributed by atoms with Gasteiger partial charge in [-0.25, -0.2) is 0 Å². The zero-order chi connectivity index (χ0) is 15.2. The van der Waals surface area contributed by atoms with Crippen LogP contribution in [0.15, 0.2) is 53.0 Å². The maximum atomic E-state index is 9.29. The number of halogens is 1. The Morgan fingerprint density at radius 3 is 2.48 bits per heavy atom. The highest BCUT2D eigenvalue weighted by Gasteiger charge is 2.09. The molecule has 2 nitrogen and oxygen atoms in total. The number of nitrogens with one attached hydrogen (secondary N) is 1. The molecule has 21 heavy (non-hydrogen) atoms. The third kappa shape index (κ3) is 5.18. The number of phenols is 1. The second-order valence-corrected chi connectivity index (χ2v) is 6.47. The van der Waals surface area contributed by atoms with E-state index < -0.39 is 0 Å². The number of aromatic hydroxyl groups is 1. The maximum absolute atomic E-state index is 9.29. The summed E-state index contributed by atoms with van der Waals surface area (Å²) < 4.78 is 1.12. The number of phenolic OH excluding ortho intramolecular Hbond substituents is 1. The lowest BCUT2D eigenvalue weighted by Gasteiger charge is -2.20. The van der Waals surface area contributed by atoms with Gasteiger partial charge in [-0.3, -0.25) is 0 Å². The van der Waals surface area contributed by atoms with Gasteiger partial charge in [0.2, 0.25) is 0 Å². The van der Waals surface area contributed by atoms with Crippen LogP contribution in [-0.2, 0) is 6.42 Å². The van der Waals surface area contributed by atoms with E-state index in [-0.39, 0.29) is 0 Å². The summed E-state index contributed by atoms with van der Waals surface area (Å²) in [6.45, 7) is 4.41. The first-order valence-electron chi connectivity index (χ1n) is 7.34. The fourth-order valence-electron chi connectivity index (χ4n) is 2.43. The van der Waals surface area contributed by atoms with Crippen molar-refractivity contribution in [1.29, 1.82) is 0 Å². The molecule has 2 aromatic carbocycles. The molecule has 0 bridgehead atoms. The molecule has 112 valence electrons. The molecule has 3 heteroatoms. The normalized spacial score (nSPS) is 13.9. The van der Waals surface area contributed by atoms with Crippen LogP contribution in [0.3, 0.4) is 0 Å². The Hall–Kier alpha value is -1.32. The van der Waals surface area contributed by atoms with Crippen LogP contribution >= 0.6 is 15.9 Å². The van der Waals surface area contributed by atoms with Crippen LogP contribution in [0, 0.1) is 0 Å². The van der Waals surface area contributed by atoms with Gasteiger partial charge in [-0.1, -0.05) is 40.2 Å². The minimum absolute atomic E-state index is 0.327. The van der Waals surface area contributed by atoms with Crippen LogP contribution in [0.4, 0.5) is 0 Å². The number of aryl methyl sites for hydroxylation is 1. The topological polar surface area (TPSA) is 32.3 Å². The molecule has 0 saturated carbocycles. The Bertz CT molecular complexity index is 568. The molecule has 0 aliphatic carbocycles. The predicted molar refractivity (Wildman–Crippen MR) is 91.6 cm³/mol. The lowest BCUT2D eigenvalue weighted by Crippen LogP contribution is -2.29. The summed E-state index contributed by atoms with van der Waals surface area (Å²) in [4.78, 5) is 0. The quantitative estimate of drug-likeness (QED) is 0.784. The van der Waals surface area contributed by atoms with E-state index in [0.717, 1.165) is 17.3 Å². The molecule has 2 N–H and O–H groups in total. The summed E-state index contributed by atoms with van der Waals surface area (Å²) in [6.07, 6.45) is 2.09. The maximum Gasteiger partial charge on any atom is 0.115 e. The van der Waals surface area contributed by atoms with E-state index in [1.807, 2.05) is 18.2 Å². The molecule has 0 heterocycles. The Balaban J connectivity index is 1.83. The summed E-state index contributed by atoms with van der Waals surface area (Å²) in [5.41, 5.74) is 2.55. The molecule has 0 fully saturated rings. The van der Waals surface area contributed by atoms with Gasteiger partial charge >= 0.3 is 0 Å². The Morgan fingerprint density at radius 2 is 1.81 bits per heavy atom. The molecule has 0 aromatic heterocycles.